The summed E-state index contributed by atoms with van der Waals surface area (Å²) in [5.74, 6) is 0.805. The summed E-state index contributed by atoms with van der Waals surface area (Å²) in [6.45, 7) is 1.81. The number of rotatable bonds is 2. The van der Waals surface area contributed by atoms with Crippen molar-refractivity contribution in [1.82, 2.24) is 4.98 Å². The van der Waals surface area contributed by atoms with Gasteiger partial charge in [0.05, 0.1) is 11.7 Å². The lowest BCUT2D eigenvalue weighted by molar-refractivity contribution is 0.0818. The molecule has 1 aromatic heterocycles. The van der Waals surface area contributed by atoms with Crippen molar-refractivity contribution >= 4 is 5.82 Å². The topological polar surface area (TPSA) is 49.1 Å². The van der Waals surface area contributed by atoms with Crippen molar-refractivity contribution in [1.29, 1.82) is 5.26 Å². The van der Waals surface area contributed by atoms with Gasteiger partial charge in [-0.25, -0.2) is 4.98 Å². The van der Waals surface area contributed by atoms with Crippen LogP contribution in [0.5, 0.6) is 0 Å². The monoisotopic (exact) mass is 217 g/mol. The molecule has 0 unspecified atom stereocenters. The van der Waals surface area contributed by atoms with Gasteiger partial charge in [0, 0.05) is 26.4 Å². The van der Waals surface area contributed by atoms with Gasteiger partial charge in [-0.05, 0) is 25.0 Å². The molecule has 0 aliphatic carbocycles. The summed E-state index contributed by atoms with van der Waals surface area (Å²) in [7, 11) is 1.75. The Bertz CT molecular complexity index is 391. The molecule has 1 aliphatic heterocycles. The highest BCUT2D eigenvalue weighted by Gasteiger charge is 2.21. The lowest BCUT2D eigenvalue weighted by Crippen LogP contribution is -2.37. The van der Waals surface area contributed by atoms with Crippen LogP contribution in [0.1, 0.15) is 18.4 Å². The van der Waals surface area contributed by atoms with E-state index in [9.17, 15) is 0 Å². The minimum Gasteiger partial charge on any atom is -0.381 e. The van der Waals surface area contributed by atoms with Gasteiger partial charge in [-0.3, -0.25) is 0 Å². The number of anilines is 1. The van der Waals surface area contributed by atoms with Crippen molar-refractivity contribution in [3.63, 3.8) is 0 Å². The number of pyridine rings is 1. The van der Waals surface area contributed by atoms with Crippen molar-refractivity contribution in [2.45, 2.75) is 18.9 Å². The van der Waals surface area contributed by atoms with Gasteiger partial charge in [0.2, 0.25) is 0 Å². The van der Waals surface area contributed by atoms with Crippen LogP contribution in [0.2, 0.25) is 0 Å². The fourth-order valence-corrected chi connectivity index (χ4v) is 2.04. The quantitative estimate of drug-likeness (QED) is 0.754. The Labute approximate surface area is 95.5 Å². The largest absolute Gasteiger partial charge is 0.381 e. The number of aromatic nitrogens is 1. The van der Waals surface area contributed by atoms with Crippen LogP contribution in [0.3, 0.4) is 0 Å². The van der Waals surface area contributed by atoms with E-state index >= 15 is 0 Å². The molecule has 16 heavy (non-hydrogen) atoms. The second kappa shape index (κ2) is 4.95. The highest BCUT2D eigenvalue weighted by Crippen LogP contribution is 2.21. The zero-order valence-electron chi connectivity index (χ0n) is 9.39. The summed E-state index contributed by atoms with van der Waals surface area (Å²) in [6.07, 6.45) is 4.08. The van der Waals surface area contributed by atoms with Crippen molar-refractivity contribution in [2.24, 2.45) is 0 Å². The normalized spacial score (nSPS) is 17.1. The molecule has 0 saturated carbocycles. The molecule has 0 radical (unpaired) electrons. The molecule has 0 N–H and O–H groups in total. The van der Waals surface area contributed by atoms with E-state index in [4.69, 9.17) is 10.00 Å². The number of ether oxygens (including phenoxy) is 1. The van der Waals surface area contributed by atoms with Crippen molar-refractivity contribution in [3.8, 4) is 6.07 Å². The second-order valence-electron chi connectivity index (χ2n) is 3.91. The van der Waals surface area contributed by atoms with E-state index in [0.717, 1.165) is 31.7 Å². The number of methoxy groups -OCH3 is 1. The molecule has 1 saturated heterocycles. The van der Waals surface area contributed by atoms with E-state index in [1.165, 1.54) is 0 Å². The van der Waals surface area contributed by atoms with Crippen LogP contribution >= 0.6 is 0 Å². The maximum Gasteiger partial charge on any atom is 0.146 e. The van der Waals surface area contributed by atoms with Crippen LogP contribution in [0, 0.1) is 11.3 Å². The number of hydrogen-bond donors (Lipinski definition) is 0. The van der Waals surface area contributed by atoms with Gasteiger partial charge in [-0.1, -0.05) is 0 Å². The molecule has 0 spiro atoms. The van der Waals surface area contributed by atoms with E-state index in [1.54, 1.807) is 19.4 Å². The van der Waals surface area contributed by atoms with Gasteiger partial charge in [-0.15, -0.1) is 0 Å². The first-order valence-electron chi connectivity index (χ1n) is 5.48. The molecular formula is C12H15N3O. The molecule has 1 aliphatic rings. The Balaban J connectivity index is 2.11. The molecule has 0 amide bonds. The van der Waals surface area contributed by atoms with Gasteiger partial charge in [0.15, 0.2) is 0 Å². The van der Waals surface area contributed by atoms with Gasteiger partial charge < -0.3 is 9.64 Å². The Morgan fingerprint density at radius 2 is 2.25 bits per heavy atom. The van der Waals surface area contributed by atoms with Crippen LogP contribution in [0.15, 0.2) is 18.3 Å². The molecule has 4 heteroatoms. The lowest BCUT2D eigenvalue weighted by Gasteiger charge is -2.32. The predicted octanol–water partition coefficient (Wildman–Crippen LogP) is 1.57. The molecular weight excluding hydrogens is 202 g/mol. The summed E-state index contributed by atoms with van der Waals surface area (Å²) in [5, 5.41) is 9.01. The van der Waals surface area contributed by atoms with Crippen molar-refractivity contribution in [3.05, 3.63) is 23.9 Å². The fourth-order valence-electron chi connectivity index (χ4n) is 2.04. The maximum atomic E-state index is 9.01. The first kappa shape index (κ1) is 10.9. The number of nitrogens with zero attached hydrogens (tertiary/aromatic N) is 3. The second-order valence-corrected chi connectivity index (χ2v) is 3.91. The third kappa shape index (κ3) is 2.15. The van der Waals surface area contributed by atoms with Gasteiger partial charge in [0.1, 0.15) is 11.9 Å². The maximum absolute atomic E-state index is 9.01. The third-order valence-corrected chi connectivity index (χ3v) is 2.98. The van der Waals surface area contributed by atoms with E-state index in [1.807, 2.05) is 6.07 Å². The highest BCUT2D eigenvalue weighted by molar-refractivity contribution is 5.53. The van der Waals surface area contributed by atoms with E-state index in [0.29, 0.717) is 11.7 Å². The zero-order valence-corrected chi connectivity index (χ0v) is 9.39. The number of nitriles is 1. The summed E-state index contributed by atoms with van der Waals surface area (Å²) in [6, 6.07) is 5.79. The smallest absolute Gasteiger partial charge is 0.146 e. The first-order chi connectivity index (χ1) is 7.85. The Hall–Kier alpha value is -1.60. The zero-order chi connectivity index (χ0) is 11.4. The Morgan fingerprint density at radius 3 is 2.88 bits per heavy atom. The highest BCUT2D eigenvalue weighted by atomic mass is 16.5. The van der Waals surface area contributed by atoms with E-state index in [2.05, 4.69) is 16.0 Å². The van der Waals surface area contributed by atoms with Crippen LogP contribution in [0.25, 0.3) is 0 Å². The Kier molecular flexibility index (Phi) is 3.37. The lowest BCUT2D eigenvalue weighted by atomic mass is 10.1. The molecule has 0 aromatic carbocycles. The predicted molar refractivity (Wildman–Crippen MR) is 61.2 cm³/mol. The first-order valence-corrected chi connectivity index (χ1v) is 5.48. The van der Waals surface area contributed by atoms with Crippen molar-refractivity contribution in [2.75, 3.05) is 25.1 Å². The minimum atomic E-state index is 0.352. The molecule has 2 rings (SSSR count). The van der Waals surface area contributed by atoms with Crippen LogP contribution in [-0.2, 0) is 4.74 Å². The third-order valence-electron chi connectivity index (χ3n) is 2.98. The summed E-state index contributed by atoms with van der Waals surface area (Å²) < 4.78 is 5.32. The van der Waals surface area contributed by atoms with Crippen LogP contribution in [-0.4, -0.2) is 31.3 Å². The molecule has 0 bridgehead atoms. The summed E-state index contributed by atoms with van der Waals surface area (Å²) in [4.78, 5) is 6.45. The molecule has 84 valence electrons. The average Bonchev–Trinajstić information content (AvgIpc) is 2.39. The standard InChI is InChI=1S/C12H15N3O/c1-16-11-4-7-15(8-5-11)12-10(9-13)3-2-6-14-12/h2-3,6,11H,4-5,7-8H2,1H3. The summed E-state index contributed by atoms with van der Waals surface area (Å²) >= 11 is 0. The number of piperidine rings is 1. The Morgan fingerprint density at radius 1 is 1.50 bits per heavy atom. The molecule has 0 atom stereocenters. The van der Waals surface area contributed by atoms with Crippen molar-refractivity contribution < 1.29 is 4.74 Å². The van der Waals surface area contributed by atoms with Crippen LogP contribution < -0.4 is 4.90 Å². The average molecular weight is 217 g/mol. The van der Waals surface area contributed by atoms with Gasteiger partial charge in [0.25, 0.3) is 0 Å². The van der Waals surface area contributed by atoms with Gasteiger partial charge in [-0.2, -0.15) is 5.26 Å². The molecule has 4 nitrogen and oxygen atoms in total. The molecule has 1 fully saturated rings. The number of hydrogen-bond acceptors (Lipinski definition) is 4. The van der Waals surface area contributed by atoms with E-state index < -0.39 is 0 Å². The fraction of sp³-hybridized carbons (Fsp3) is 0.500. The molecule has 2 heterocycles. The minimum absolute atomic E-state index is 0.352. The summed E-state index contributed by atoms with van der Waals surface area (Å²) in [5.41, 5.74) is 0.651. The van der Waals surface area contributed by atoms with Gasteiger partial charge >= 0.3 is 0 Å². The molecule has 1 aromatic rings. The van der Waals surface area contributed by atoms with E-state index in [-0.39, 0.29) is 0 Å². The van der Waals surface area contributed by atoms with Crippen LogP contribution in [0.4, 0.5) is 5.82 Å². The SMILES string of the molecule is COC1CCN(c2ncccc2C#N)CC1.